The van der Waals surface area contributed by atoms with Crippen molar-refractivity contribution in [3.63, 3.8) is 0 Å². The lowest BCUT2D eigenvalue weighted by molar-refractivity contribution is 0.260. The first-order valence-corrected chi connectivity index (χ1v) is 13.6. The topological polar surface area (TPSA) is 118 Å². The molecule has 0 aliphatic carbocycles. The van der Waals surface area contributed by atoms with Crippen LogP contribution in [0.25, 0.3) is 16.8 Å². The Morgan fingerprint density at radius 2 is 2.17 bits per heavy atom. The van der Waals surface area contributed by atoms with Gasteiger partial charge in [0, 0.05) is 47.1 Å². The molecule has 1 aromatic carbocycles. The van der Waals surface area contributed by atoms with Gasteiger partial charge >= 0.3 is 0 Å². The van der Waals surface area contributed by atoms with Crippen LogP contribution in [0.5, 0.6) is 5.75 Å². The molecule has 1 fully saturated rings. The Hall–Kier alpha value is -2.96. The maximum atomic E-state index is 13.1. The third kappa shape index (κ3) is 4.65. The number of rotatable bonds is 7. The monoisotopic (exact) mass is 559 g/mol. The normalized spacial score (nSPS) is 19.2. The van der Waals surface area contributed by atoms with Gasteiger partial charge in [0.15, 0.2) is 11.4 Å². The maximum absolute atomic E-state index is 13.1. The fraction of sp³-hybridized carbons (Fsp3) is 0.348. The number of benzene rings is 1. The van der Waals surface area contributed by atoms with Crippen molar-refractivity contribution < 1.29 is 13.2 Å². The van der Waals surface area contributed by atoms with E-state index in [0.717, 1.165) is 15.6 Å². The molecular formula is C23H26BrN7O3S. The van der Waals surface area contributed by atoms with Gasteiger partial charge in [-0.2, -0.15) is 14.4 Å². The number of aromatic nitrogens is 5. The Morgan fingerprint density at radius 3 is 2.89 bits per heavy atom. The molecule has 3 aromatic heterocycles. The van der Waals surface area contributed by atoms with Crippen molar-refractivity contribution in [2.45, 2.75) is 31.2 Å². The van der Waals surface area contributed by atoms with Crippen molar-refractivity contribution in [2.24, 2.45) is 5.92 Å². The van der Waals surface area contributed by atoms with Gasteiger partial charge in [-0.3, -0.25) is 5.10 Å². The lowest BCUT2D eigenvalue weighted by Crippen LogP contribution is -2.47. The van der Waals surface area contributed by atoms with Gasteiger partial charge < -0.3 is 10.1 Å². The van der Waals surface area contributed by atoms with E-state index in [-0.39, 0.29) is 12.0 Å². The van der Waals surface area contributed by atoms with Crippen LogP contribution in [0.4, 0.5) is 5.95 Å². The number of hydrogen-bond acceptors (Lipinski definition) is 7. The highest BCUT2D eigenvalue weighted by atomic mass is 79.9. The summed E-state index contributed by atoms with van der Waals surface area (Å²) in [6, 6.07) is 8.77. The van der Waals surface area contributed by atoms with E-state index in [1.54, 1.807) is 33.2 Å². The molecule has 2 atom stereocenters. The predicted molar refractivity (Wildman–Crippen MR) is 136 cm³/mol. The summed E-state index contributed by atoms with van der Waals surface area (Å²) in [5.41, 5.74) is 2.39. The van der Waals surface area contributed by atoms with E-state index in [1.165, 1.54) is 0 Å². The van der Waals surface area contributed by atoms with Crippen LogP contribution in [0.1, 0.15) is 20.3 Å². The fourth-order valence-corrected chi connectivity index (χ4v) is 6.53. The number of sulfonamides is 1. The quantitative estimate of drug-likeness (QED) is 0.353. The van der Waals surface area contributed by atoms with Gasteiger partial charge in [0.25, 0.3) is 0 Å². The van der Waals surface area contributed by atoms with Crippen LogP contribution in [0.15, 0.2) is 58.3 Å². The zero-order valence-electron chi connectivity index (χ0n) is 19.3. The number of aromatic amines is 1. The Labute approximate surface area is 211 Å². The number of nitrogens with one attached hydrogen (secondary N) is 2. The van der Waals surface area contributed by atoms with Crippen molar-refractivity contribution in [1.82, 2.24) is 29.1 Å². The average Bonchev–Trinajstić information content (AvgIpc) is 3.51. The van der Waals surface area contributed by atoms with Gasteiger partial charge in [-0.1, -0.05) is 28.9 Å². The smallest absolute Gasteiger partial charge is 0.243 e. The number of nitrogens with zero attached hydrogens (tertiary/aromatic N) is 5. The van der Waals surface area contributed by atoms with Gasteiger partial charge in [0.1, 0.15) is 0 Å². The van der Waals surface area contributed by atoms with E-state index in [4.69, 9.17) is 9.72 Å². The van der Waals surface area contributed by atoms with E-state index < -0.39 is 10.0 Å². The fourth-order valence-electron chi connectivity index (χ4n) is 4.38. The van der Waals surface area contributed by atoms with E-state index in [0.29, 0.717) is 48.4 Å². The Kier molecular flexibility index (Phi) is 6.51. The summed E-state index contributed by atoms with van der Waals surface area (Å²) in [4.78, 5) is 5.00. The Morgan fingerprint density at radius 1 is 1.31 bits per heavy atom. The third-order valence-electron chi connectivity index (χ3n) is 6.18. The van der Waals surface area contributed by atoms with Gasteiger partial charge in [0.2, 0.25) is 16.0 Å². The summed E-state index contributed by atoms with van der Waals surface area (Å²) in [5.74, 6) is 1.18. The van der Waals surface area contributed by atoms with Crippen molar-refractivity contribution in [3.8, 4) is 16.9 Å². The highest BCUT2D eigenvalue weighted by molar-refractivity contribution is 9.10. The first-order chi connectivity index (χ1) is 16.9. The number of H-pyrrole nitrogens is 1. The highest BCUT2D eigenvalue weighted by Gasteiger charge is 2.34. The zero-order chi connectivity index (χ0) is 24.6. The zero-order valence-corrected chi connectivity index (χ0v) is 21.8. The van der Waals surface area contributed by atoms with Gasteiger partial charge in [-0.25, -0.2) is 12.9 Å². The molecular weight excluding hydrogens is 534 g/mol. The minimum absolute atomic E-state index is 0.0326. The SMILES string of the molecule is CCOc1c(-c2cn[nH]c2)ccn2nc(N[C@H]3CCN(S(=O)(=O)c4cccc(Br)c4)C[C@H]3C)nc12. The minimum Gasteiger partial charge on any atom is -0.489 e. The first-order valence-electron chi connectivity index (χ1n) is 11.4. The number of fused-ring (bicyclic) bond motifs is 1. The van der Waals surface area contributed by atoms with Crippen LogP contribution in [0, 0.1) is 5.92 Å². The van der Waals surface area contributed by atoms with Crippen molar-refractivity contribution in [1.29, 1.82) is 0 Å². The van der Waals surface area contributed by atoms with Crippen molar-refractivity contribution in [3.05, 3.63) is 53.4 Å². The van der Waals surface area contributed by atoms with Crippen LogP contribution in [-0.4, -0.2) is 63.3 Å². The van der Waals surface area contributed by atoms with E-state index >= 15 is 0 Å². The second-order valence-electron chi connectivity index (χ2n) is 8.52. The summed E-state index contributed by atoms with van der Waals surface area (Å²) in [6.07, 6.45) is 6.03. The number of hydrogen-bond donors (Lipinski definition) is 2. The second-order valence-corrected chi connectivity index (χ2v) is 11.4. The molecule has 1 saturated heterocycles. The van der Waals surface area contributed by atoms with Gasteiger partial charge in [-0.05, 0) is 43.5 Å². The molecule has 1 aliphatic rings. The first kappa shape index (κ1) is 23.8. The van der Waals surface area contributed by atoms with Crippen molar-refractivity contribution in [2.75, 3.05) is 25.0 Å². The average molecular weight is 560 g/mol. The highest BCUT2D eigenvalue weighted by Crippen LogP contribution is 2.33. The molecule has 0 unspecified atom stereocenters. The molecule has 5 rings (SSSR count). The molecule has 1 aliphatic heterocycles. The summed E-state index contributed by atoms with van der Waals surface area (Å²) in [6.45, 7) is 5.28. The van der Waals surface area contributed by atoms with Crippen LogP contribution in [0.2, 0.25) is 0 Å². The van der Waals surface area contributed by atoms with Crippen LogP contribution < -0.4 is 10.1 Å². The summed E-state index contributed by atoms with van der Waals surface area (Å²) < 4.78 is 36.2. The minimum atomic E-state index is -3.56. The number of halogens is 1. The molecule has 2 N–H and O–H groups in total. The summed E-state index contributed by atoms with van der Waals surface area (Å²) in [7, 11) is -3.56. The van der Waals surface area contributed by atoms with Crippen LogP contribution >= 0.6 is 15.9 Å². The van der Waals surface area contributed by atoms with E-state index in [9.17, 15) is 8.42 Å². The standard InChI is InChI=1S/C23H26BrN7O3S/c1-3-34-21-19(16-12-25-26-13-16)7-10-31-22(21)28-23(29-31)27-20-8-9-30(14-15(20)2)35(32,33)18-6-4-5-17(24)11-18/h4-7,10-13,15,20H,3,8-9,14H2,1-2H3,(H,25,26)(H,27,29)/t15-,20+/m1/s1. The number of ether oxygens (including phenoxy) is 1. The molecule has 4 heterocycles. The van der Waals surface area contributed by atoms with E-state index in [2.05, 4.69) is 36.5 Å². The molecule has 4 aromatic rings. The molecule has 0 saturated carbocycles. The van der Waals surface area contributed by atoms with Crippen molar-refractivity contribution >= 4 is 37.5 Å². The molecule has 0 bridgehead atoms. The molecule has 184 valence electrons. The predicted octanol–water partition coefficient (Wildman–Crippen LogP) is 3.79. The Balaban J connectivity index is 1.35. The third-order valence-corrected chi connectivity index (χ3v) is 8.53. The van der Waals surface area contributed by atoms with Crippen LogP contribution in [0.3, 0.4) is 0 Å². The molecule has 12 heteroatoms. The number of piperidine rings is 1. The van der Waals surface area contributed by atoms with Crippen LogP contribution in [-0.2, 0) is 10.0 Å². The number of anilines is 1. The van der Waals surface area contributed by atoms with Gasteiger partial charge in [-0.15, -0.1) is 5.10 Å². The molecule has 10 nitrogen and oxygen atoms in total. The maximum Gasteiger partial charge on any atom is 0.243 e. The molecule has 0 spiro atoms. The summed E-state index contributed by atoms with van der Waals surface area (Å²) in [5, 5.41) is 14.9. The molecule has 0 radical (unpaired) electrons. The van der Waals surface area contributed by atoms with E-state index in [1.807, 2.05) is 38.4 Å². The second kappa shape index (κ2) is 9.59. The molecule has 35 heavy (non-hydrogen) atoms. The van der Waals surface area contributed by atoms with Gasteiger partial charge in [0.05, 0.1) is 17.7 Å². The molecule has 0 amide bonds. The lowest BCUT2D eigenvalue weighted by atomic mass is 9.95. The summed E-state index contributed by atoms with van der Waals surface area (Å²) >= 11 is 3.36. The Bertz CT molecular complexity index is 1440. The lowest BCUT2D eigenvalue weighted by Gasteiger charge is -2.36. The largest absolute Gasteiger partial charge is 0.489 e. The number of pyridine rings is 1.